The van der Waals surface area contributed by atoms with Crippen LogP contribution in [0.25, 0.3) is 17.2 Å². The fourth-order valence-corrected chi connectivity index (χ4v) is 4.18. The number of hydrogen-bond donors (Lipinski definition) is 0. The van der Waals surface area contributed by atoms with Crippen LogP contribution in [-0.2, 0) is 11.5 Å². The first-order valence-corrected chi connectivity index (χ1v) is 13.8. The first kappa shape index (κ1) is 20.6. The fourth-order valence-electron chi connectivity index (χ4n) is 2.55. The molecule has 0 fully saturated rings. The van der Waals surface area contributed by atoms with Gasteiger partial charge in [-0.1, -0.05) is 42.8 Å². The Balaban J connectivity index is 1.87. The van der Waals surface area contributed by atoms with E-state index in [1.165, 1.54) is 0 Å². The van der Waals surface area contributed by atoms with Crippen molar-refractivity contribution < 1.29 is 4.74 Å². The van der Waals surface area contributed by atoms with E-state index >= 15 is 0 Å². The third-order valence-electron chi connectivity index (χ3n) is 4.00. The molecule has 0 unspecified atom stereocenters. The maximum absolute atomic E-state index is 6.40. The van der Waals surface area contributed by atoms with E-state index < -0.39 is 8.07 Å². The summed E-state index contributed by atoms with van der Waals surface area (Å²) in [5, 5.41) is 5.52. The van der Waals surface area contributed by atoms with Crippen molar-refractivity contribution in [2.45, 2.75) is 32.4 Å². The van der Waals surface area contributed by atoms with Gasteiger partial charge in [-0.05, 0) is 46.2 Å². The number of nitrogens with zero attached hydrogens (tertiary/aromatic N) is 4. The Hall–Kier alpha value is -1.12. The molecular weight excluding hydrogens is 467 g/mol. The monoisotopic (exact) mass is 486 g/mol. The van der Waals surface area contributed by atoms with Gasteiger partial charge in [0.1, 0.15) is 17.0 Å². The number of halogens is 3. The summed E-state index contributed by atoms with van der Waals surface area (Å²) < 4.78 is 10.3. The van der Waals surface area contributed by atoms with Gasteiger partial charge in [0.25, 0.3) is 0 Å². The van der Waals surface area contributed by atoms with Crippen molar-refractivity contribution in [3.8, 4) is 17.2 Å². The Morgan fingerprint density at radius 3 is 2.67 bits per heavy atom. The first-order valence-electron chi connectivity index (χ1n) is 8.55. The van der Waals surface area contributed by atoms with Crippen LogP contribution in [-0.4, -0.2) is 34.0 Å². The highest BCUT2D eigenvalue weighted by Crippen LogP contribution is 2.30. The maximum atomic E-state index is 6.40. The largest absolute Gasteiger partial charge is 0.360 e. The van der Waals surface area contributed by atoms with Crippen molar-refractivity contribution >= 4 is 47.2 Å². The van der Waals surface area contributed by atoms with Crippen LogP contribution in [0.5, 0.6) is 0 Å². The van der Waals surface area contributed by atoms with Gasteiger partial charge in [0.05, 0.1) is 10.7 Å². The summed E-state index contributed by atoms with van der Waals surface area (Å²) in [7, 11) is -1.12. The molecule has 0 aliphatic heterocycles. The minimum absolute atomic E-state index is 0.381. The van der Waals surface area contributed by atoms with E-state index in [-0.39, 0.29) is 0 Å². The normalized spacial score (nSPS) is 11.9. The van der Waals surface area contributed by atoms with Crippen LogP contribution in [0.3, 0.4) is 0 Å². The molecule has 0 spiro atoms. The number of aromatic nitrogens is 4. The lowest BCUT2D eigenvalue weighted by Gasteiger charge is -2.16. The Kier molecular flexibility index (Phi) is 6.48. The quantitative estimate of drug-likeness (QED) is 0.298. The molecule has 5 nitrogen and oxygen atoms in total. The lowest BCUT2D eigenvalue weighted by Crippen LogP contribution is -2.22. The number of hydrogen-bond acceptors (Lipinski definition) is 3. The second-order valence-electron chi connectivity index (χ2n) is 7.42. The van der Waals surface area contributed by atoms with Gasteiger partial charge in [-0.2, -0.15) is 5.10 Å². The van der Waals surface area contributed by atoms with Gasteiger partial charge >= 0.3 is 0 Å². The molecule has 0 saturated carbocycles. The van der Waals surface area contributed by atoms with Crippen molar-refractivity contribution in [2.75, 3.05) is 6.61 Å². The predicted octanol–water partition coefficient (Wildman–Crippen LogP) is 6.12. The van der Waals surface area contributed by atoms with Gasteiger partial charge in [0.2, 0.25) is 0 Å². The molecule has 2 heterocycles. The highest BCUT2D eigenvalue weighted by molar-refractivity contribution is 9.10. The summed E-state index contributed by atoms with van der Waals surface area (Å²) in [6, 6.07) is 8.42. The highest BCUT2D eigenvalue weighted by atomic mass is 79.9. The molecule has 9 heteroatoms. The number of rotatable bonds is 7. The molecule has 2 aromatic heterocycles. The molecule has 0 bridgehead atoms. The molecule has 144 valence electrons. The molecule has 0 radical (unpaired) electrons. The van der Waals surface area contributed by atoms with Gasteiger partial charge in [0.15, 0.2) is 5.82 Å². The molecule has 0 saturated heterocycles. The minimum Gasteiger partial charge on any atom is -0.360 e. The summed E-state index contributed by atoms with van der Waals surface area (Å²) in [6.45, 7) is 8.11. The second kappa shape index (κ2) is 8.49. The number of benzene rings is 1. The summed E-state index contributed by atoms with van der Waals surface area (Å²) in [4.78, 5) is 4.60. The zero-order chi connectivity index (χ0) is 19.6. The summed E-state index contributed by atoms with van der Waals surface area (Å²) in [5.41, 5.74) is 1.64. The SMILES string of the molecule is C[Si](C)(C)CCOCn1nccc1-c1nc(Br)cn1-c1ccc(Cl)cc1Cl. The van der Waals surface area contributed by atoms with Gasteiger partial charge in [-0.3, -0.25) is 4.57 Å². The minimum atomic E-state index is -1.12. The van der Waals surface area contributed by atoms with Crippen molar-refractivity contribution in [1.29, 1.82) is 0 Å². The Bertz CT molecular complexity index is 936. The van der Waals surface area contributed by atoms with E-state index in [0.717, 1.165) is 29.9 Å². The topological polar surface area (TPSA) is 44.9 Å². The molecule has 0 atom stereocenters. The molecule has 0 N–H and O–H groups in total. The molecule has 27 heavy (non-hydrogen) atoms. The average Bonchev–Trinajstić information content (AvgIpc) is 3.17. The van der Waals surface area contributed by atoms with Gasteiger partial charge in [-0.25, -0.2) is 9.67 Å². The lowest BCUT2D eigenvalue weighted by atomic mass is 10.3. The summed E-state index contributed by atoms with van der Waals surface area (Å²) in [5.74, 6) is 0.720. The van der Waals surface area contributed by atoms with Gasteiger partial charge in [-0.15, -0.1) is 0 Å². The average molecular weight is 488 g/mol. The summed E-state index contributed by atoms with van der Waals surface area (Å²) in [6.07, 6.45) is 3.61. The molecule has 0 amide bonds. The summed E-state index contributed by atoms with van der Waals surface area (Å²) >= 11 is 15.9. The van der Waals surface area contributed by atoms with E-state index in [4.69, 9.17) is 27.9 Å². The molecular formula is C18H21BrCl2N4OSi. The zero-order valence-corrected chi connectivity index (χ0v) is 19.5. The van der Waals surface area contributed by atoms with Crippen molar-refractivity contribution in [1.82, 2.24) is 19.3 Å². The Morgan fingerprint density at radius 2 is 1.96 bits per heavy atom. The number of imidazole rings is 1. The first-order chi connectivity index (χ1) is 12.7. The van der Waals surface area contributed by atoms with Crippen molar-refractivity contribution in [3.05, 3.63) is 51.3 Å². The van der Waals surface area contributed by atoms with E-state index in [0.29, 0.717) is 21.4 Å². The number of ether oxygens (including phenoxy) is 1. The van der Waals surface area contributed by atoms with Crippen LogP contribution in [0.2, 0.25) is 35.7 Å². The Morgan fingerprint density at radius 1 is 1.19 bits per heavy atom. The van der Waals surface area contributed by atoms with Crippen LogP contribution < -0.4 is 0 Å². The molecule has 0 aliphatic carbocycles. The lowest BCUT2D eigenvalue weighted by molar-refractivity contribution is 0.0797. The van der Waals surface area contributed by atoms with E-state index in [1.807, 2.05) is 22.9 Å². The van der Waals surface area contributed by atoms with E-state index in [2.05, 4.69) is 45.7 Å². The third-order valence-corrected chi connectivity index (χ3v) is 6.63. The van der Waals surface area contributed by atoms with Crippen LogP contribution >= 0.6 is 39.1 Å². The zero-order valence-electron chi connectivity index (χ0n) is 15.4. The standard InChI is InChI=1S/C18H21BrCl2N4OSi/c1-27(2,3)9-8-26-12-25-16(6-7-22-25)18-23-17(19)11-24(18)15-5-4-13(20)10-14(15)21/h4-7,10-11H,8-9,12H2,1-3H3. The fraction of sp³-hybridized carbons (Fsp3) is 0.333. The predicted molar refractivity (Wildman–Crippen MR) is 117 cm³/mol. The van der Waals surface area contributed by atoms with Crippen LogP contribution in [0.1, 0.15) is 0 Å². The molecule has 3 rings (SSSR count). The maximum Gasteiger partial charge on any atom is 0.164 e. The smallest absolute Gasteiger partial charge is 0.164 e. The van der Waals surface area contributed by atoms with Crippen LogP contribution in [0.4, 0.5) is 0 Å². The molecule has 1 aromatic carbocycles. The van der Waals surface area contributed by atoms with Crippen molar-refractivity contribution in [3.63, 3.8) is 0 Å². The van der Waals surface area contributed by atoms with Crippen LogP contribution in [0.15, 0.2) is 41.3 Å². The molecule has 0 aliphatic rings. The molecule has 3 aromatic rings. The van der Waals surface area contributed by atoms with Gasteiger partial charge in [0, 0.05) is 32.1 Å². The van der Waals surface area contributed by atoms with Crippen molar-refractivity contribution in [2.24, 2.45) is 0 Å². The van der Waals surface area contributed by atoms with E-state index in [1.54, 1.807) is 23.0 Å². The third kappa shape index (κ3) is 5.23. The van der Waals surface area contributed by atoms with Crippen LogP contribution in [0, 0.1) is 0 Å². The second-order valence-corrected chi connectivity index (χ2v) is 14.7. The van der Waals surface area contributed by atoms with Gasteiger partial charge < -0.3 is 4.74 Å². The Labute approximate surface area is 178 Å². The highest BCUT2D eigenvalue weighted by Gasteiger charge is 2.17. The van der Waals surface area contributed by atoms with E-state index in [9.17, 15) is 0 Å².